The van der Waals surface area contributed by atoms with Crippen LogP contribution in [0, 0.1) is 0 Å². The molecule has 2 aromatic carbocycles. The number of rotatable bonds is 4. The lowest BCUT2D eigenvalue weighted by Gasteiger charge is -2.08. The Labute approximate surface area is 160 Å². The zero-order valence-electron chi connectivity index (χ0n) is 14.7. The standard InChI is InChI=1S/C22H16N2O4/c25-19-9-2-1-5-16(19)22(28)24-12-10-14(13-24)15-6-3-7-17(20(15)26)21(27)18-8-4-11-23-18/h1-13,23,25-26H. The molecule has 0 saturated heterocycles. The van der Waals surface area contributed by atoms with Crippen molar-refractivity contribution in [3.05, 3.63) is 96.1 Å². The lowest BCUT2D eigenvalue weighted by Crippen LogP contribution is -2.09. The van der Waals surface area contributed by atoms with E-state index in [1.54, 1.807) is 67.1 Å². The monoisotopic (exact) mass is 372 g/mol. The van der Waals surface area contributed by atoms with Gasteiger partial charge in [0.1, 0.15) is 11.5 Å². The van der Waals surface area contributed by atoms with Gasteiger partial charge in [-0.05, 0) is 36.4 Å². The van der Waals surface area contributed by atoms with E-state index in [0.717, 1.165) is 0 Å². The number of H-pyrrole nitrogens is 1. The van der Waals surface area contributed by atoms with Crippen LogP contribution in [0.25, 0.3) is 11.1 Å². The van der Waals surface area contributed by atoms with E-state index in [1.807, 2.05) is 0 Å². The van der Waals surface area contributed by atoms with Crippen LogP contribution in [0.2, 0.25) is 0 Å². The molecule has 0 unspecified atom stereocenters. The van der Waals surface area contributed by atoms with Crippen LogP contribution >= 0.6 is 0 Å². The number of hydrogen-bond acceptors (Lipinski definition) is 4. The van der Waals surface area contributed by atoms with Gasteiger partial charge >= 0.3 is 0 Å². The molecule has 0 aliphatic carbocycles. The summed E-state index contributed by atoms with van der Waals surface area (Å²) in [6.07, 6.45) is 4.73. The summed E-state index contributed by atoms with van der Waals surface area (Å²) in [6.45, 7) is 0. The predicted octanol–water partition coefficient (Wildman–Crippen LogP) is 3.81. The van der Waals surface area contributed by atoms with Gasteiger partial charge in [0.15, 0.2) is 0 Å². The molecule has 3 N–H and O–H groups in total. The molecule has 2 heterocycles. The fourth-order valence-corrected chi connectivity index (χ4v) is 3.05. The number of para-hydroxylation sites is 2. The maximum atomic E-state index is 12.6. The van der Waals surface area contributed by atoms with Crippen LogP contribution in [0.5, 0.6) is 11.5 Å². The molecule has 28 heavy (non-hydrogen) atoms. The minimum Gasteiger partial charge on any atom is -0.507 e. The van der Waals surface area contributed by atoms with Crippen LogP contribution in [0.3, 0.4) is 0 Å². The molecule has 6 nitrogen and oxygen atoms in total. The van der Waals surface area contributed by atoms with Crippen LogP contribution in [0.15, 0.2) is 79.3 Å². The van der Waals surface area contributed by atoms with Gasteiger partial charge in [-0.3, -0.25) is 14.2 Å². The van der Waals surface area contributed by atoms with Crippen molar-refractivity contribution in [2.75, 3.05) is 0 Å². The largest absolute Gasteiger partial charge is 0.507 e. The molecule has 138 valence electrons. The SMILES string of the molecule is O=C(c1ccc[nH]1)c1cccc(-c2ccn(C(=O)c3ccccc3O)c2)c1O. The van der Waals surface area contributed by atoms with E-state index < -0.39 is 5.91 Å². The van der Waals surface area contributed by atoms with Crippen molar-refractivity contribution in [1.82, 2.24) is 9.55 Å². The summed E-state index contributed by atoms with van der Waals surface area (Å²) in [5.74, 6) is -0.990. The Kier molecular flexibility index (Phi) is 4.29. The number of hydrogen-bond donors (Lipinski definition) is 3. The molecule has 0 aliphatic rings. The van der Waals surface area contributed by atoms with Crippen LogP contribution < -0.4 is 0 Å². The first-order valence-electron chi connectivity index (χ1n) is 8.57. The zero-order valence-corrected chi connectivity index (χ0v) is 14.7. The van der Waals surface area contributed by atoms with Gasteiger partial charge in [-0.1, -0.05) is 24.3 Å². The highest BCUT2D eigenvalue weighted by atomic mass is 16.3. The molecular formula is C22H16N2O4. The van der Waals surface area contributed by atoms with Gasteiger partial charge in [-0.25, -0.2) is 0 Å². The normalized spacial score (nSPS) is 10.7. The van der Waals surface area contributed by atoms with E-state index in [0.29, 0.717) is 16.8 Å². The summed E-state index contributed by atoms with van der Waals surface area (Å²) < 4.78 is 1.32. The Hall–Kier alpha value is -4.06. The smallest absolute Gasteiger partial charge is 0.265 e. The van der Waals surface area contributed by atoms with Gasteiger partial charge in [-0.2, -0.15) is 0 Å². The number of aromatic hydroxyl groups is 2. The van der Waals surface area contributed by atoms with Crippen molar-refractivity contribution in [1.29, 1.82) is 0 Å². The van der Waals surface area contributed by atoms with Crippen molar-refractivity contribution >= 4 is 11.7 Å². The van der Waals surface area contributed by atoms with Crippen LogP contribution in [-0.2, 0) is 0 Å². The molecule has 0 amide bonds. The fraction of sp³-hybridized carbons (Fsp3) is 0. The summed E-state index contributed by atoms with van der Waals surface area (Å²) in [5, 5.41) is 20.5. The molecule has 0 spiro atoms. The van der Waals surface area contributed by atoms with E-state index in [9.17, 15) is 19.8 Å². The average molecular weight is 372 g/mol. The second kappa shape index (κ2) is 6.92. The number of carbonyl (C=O) groups is 2. The van der Waals surface area contributed by atoms with Gasteiger partial charge in [-0.15, -0.1) is 0 Å². The van der Waals surface area contributed by atoms with Crippen LogP contribution in [0.4, 0.5) is 0 Å². The first-order chi connectivity index (χ1) is 13.6. The Morgan fingerprint density at radius 3 is 2.39 bits per heavy atom. The van der Waals surface area contributed by atoms with E-state index >= 15 is 0 Å². The van der Waals surface area contributed by atoms with Gasteiger partial charge in [0.25, 0.3) is 5.91 Å². The number of phenols is 2. The molecule has 0 bridgehead atoms. The number of aromatic amines is 1. The maximum Gasteiger partial charge on any atom is 0.265 e. The number of ketones is 1. The lowest BCUT2D eigenvalue weighted by atomic mass is 10.00. The van der Waals surface area contributed by atoms with Crippen molar-refractivity contribution in [2.45, 2.75) is 0 Å². The second-order valence-corrected chi connectivity index (χ2v) is 6.24. The highest BCUT2D eigenvalue weighted by Gasteiger charge is 2.19. The number of carbonyl (C=O) groups excluding carboxylic acids is 2. The minimum atomic E-state index is -0.401. The summed E-state index contributed by atoms with van der Waals surface area (Å²) in [7, 11) is 0. The Bertz CT molecular complexity index is 1170. The number of nitrogens with one attached hydrogen (secondary N) is 1. The van der Waals surface area contributed by atoms with Gasteiger partial charge in [0.2, 0.25) is 5.78 Å². The number of nitrogens with zero attached hydrogens (tertiary/aromatic N) is 1. The fourth-order valence-electron chi connectivity index (χ4n) is 3.05. The van der Waals surface area contributed by atoms with E-state index in [-0.39, 0.29) is 28.4 Å². The number of benzene rings is 2. The van der Waals surface area contributed by atoms with E-state index in [2.05, 4.69) is 4.98 Å². The molecule has 4 rings (SSSR count). The molecule has 0 fully saturated rings. The third-order valence-electron chi connectivity index (χ3n) is 4.50. The Balaban J connectivity index is 1.70. The molecule has 4 aromatic rings. The Morgan fingerprint density at radius 1 is 0.857 bits per heavy atom. The number of aromatic nitrogens is 2. The topological polar surface area (TPSA) is 95.3 Å². The lowest BCUT2D eigenvalue weighted by molar-refractivity contribution is 0.0956. The van der Waals surface area contributed by atoms with Gasteiger partial charge < -0.3 is 15.2 Å². The van der Waals surface area contributed by atoms with Crippen molar-refractivity contribution in [2.24, 2.45) is 0 Å². The molecule has 0 atom stereocenters. The zero-order chi connectivity index (χ0) is 19.7. The average Bonchev–Trinajstić information content (AvgIpc) is 3.40. The van der Waals surface area contributed by atoms with E-state index in [4.69, 9.17) is 0 Å². The summed E-state index contributed by atoms with van der Waals surface area (Å²) in [4.78, 5) is 28.0. The van der Waals surface area contributed by atoms with E-state index in [1.165, 1.54) is 16.7 Å². The van der Waals surface area contributed by atoms with Crippen LogP contribution in [0.1, 0.15) is 26.4 Å². The maximum absolute atomic E-state index is 12.6. The highest BCUT2D eigenvalue weighted by Crippen LogP contribution is 2.33. The summed E-state index contributed by atoms with van der Waals surface area (Å²) in [5.41, 5.74) is 1.72. The minimum absolute atomic E-state index is 0.107. The third kappa shape index (κ3) is 2.97. The highest BCUT2D eigenvalue weighted by molar-refractivity contribution is 6.10. The van der Waals surface area contributed by atoms with Crippen molar-refractivity contribution < 1.29 is 19.8 Å². The first-order valence-corrected chi connectivity index (χ1v) is 8.57. The van der Waals surface area contributed by atoms with Crippen LogP contribution in [-0.4, -0.2) is 31.5 Å². The summed E-state index contributed by atoms with van der Waals surface area (Å²) in [6, 6.07) is 16.2. The molecule has 2 aromatic heterocycles. The van der Waals surface area contributed by atoms with Gasteiger partial charge in [0.05, 0.1) is 16.8 Å². The third-order valence-corrected chi connectivity index (χ3v) is 4.50. The first kappa shape index (κ1) is 17.4. The quantitative estimate of drug-likeness (QED) is 0.475. The van der Waals surface area contributed by atoms with Gasteiger partial charge in [0, 0.05) is 29.7 Å². The Morgan fingerprint density at radius 2 is 1.64 bits per heavy atom. The van der Waals surface area contributed by atoms with Crippen molar-refractivity contribution in [3.8, 4) is 22.6 Å². The number of phenolic OH excluding ortho intramolecular Hbond substituents is 2. The predicted molar refractivity (Wildman–Crippen MR) is 104 cm³/mol. The van der Waals surface area contributed by atoms with Crippen molar-refractivity contribution in [3.63, 3.8) is 0 Å². The molecule has 0 aliphatic heterocycles. The molecule has 6 heteroatoms. The second-order valence-electron chi connectivity index (χ2n) is 6.24. The molecule has 0 radical (unpaired) electrons. The molecule has 0 saturated carbocycles. The molecular weight excluding hydrogens is 356 g/mol. The summed E-state index contributed by atoms with van der Waals surface area (Å²) >= 11 is 0.